The van der Waals surface area contributed by atoms with E-state index in [1.165, 1.54) is 11.8 Å². The fourth-order valence-corrected chi connectivity index (χ4v) is 3.27. The molecule has 0 bridgehead atoms. The maximum atomic E-state index is 9.60. The molecule has 4 nitrogen and oxygen atoms in total. The van der Waals surface area contributed by atoms with Gasteiger partial charge < -0.3 is 13.9 Å². The van der Waals surface area contributed by atoms with E-state index in [4.69, 9.17) is 13.9 Å². The summed E-state index contributed by atoms with van der Waals surface area (Å²) in [7, 11) is 0. The van der Waals surface area contributed by atoms with Crippen molar-refractivity contribution < 1.29 is 13.9 Å². The molecule has 0 radical (unpaired) electrons. The summed E-state index contributed by atoms with van der Waals surface area (Å²) in [6.45, 7) is 0.199. The third-order valence-electron chi connectivity index (χ3n) is 3.02. The fourth-order valence-electron chi connectivity index (χ4n) is 2.08. The number of allylic oxidation sites excluding steroid dienone is 1. The second kappa shape index (κ2) is 5.88. The average Bonchev–Trinajstić information content (AvgIpc) is 3.14. The second-order valence-corrected chi connectivity index (χ2v) is 5.85. The van der Waals surface area contributed by atoms with Crippen molar-refractivity contribution in [2.24, 2.45) is 0 Å². The zero-order valence-electron chi connectivity index (χ0n) is 11.1. The molecule has 0 N–H and O–H groups in total. The van der Waals surface area contributed by atoms with Gasteiger partial charge in [0.2, 0.25) is 6.79 Å². The van der Waals surface area contributed by atoms with Gasteiger partial charge in [-0.2, -0.15) is 5.26 Å². The third-order valence-corrected chi connectivity index (χ3v) is 4.49. The van der Waals surface area contributed by atoms with Crippen LogP contribution in [-0.4, -0.2) is 13.0 Å². The van der Waals surface area contributed by atoms with Gasteiger partial charge in [0.1, 0.15) is 11.8 Å². The van der Waals surface area contributed by atoms with Gasteiger partial charge in [-0.05, 0) is 46.5 Å². The maximum Gasteiger partial charge on any atom is 0.231 e. The van der Waals surface area contributed by atoms with Crippen LogP contribution in [0.3, 0.4) is 0 Å². The molecule has 2 heterocycles. The van der Waals surface area contributed by atoms with Gasteiger partial charge >= 0.3 is 0 Å². The molecule has 0 spiro atoms. The van der Waals surface area contributed by atoms with E-state index in [1.807, 2.05) is 24.5 Å². The molecule has 106 valence electrons. The molecular weight excluding hydrogens is 354 g/mol. The summed E-state index contributed by atoms with van der Waals surface area (Å²) in [4.78, 5) is 0.780. The van der Waals surface area contributed by atoms with E-state index in [0.29, 0.717) is 22.8 Å². The lowest BCUT2D eigenvalue weighted by Crippen LogP contribution is -1.93. The van der Waals surface area contributed by atoms with Crippen molar-refractivity contribution in [1.29, 1.82) is 5.26 Å². The van der Waals surface area contributed by atoms with Gasteiger partial charge in [-0.15, -0.1) is 11.8 Å². The first-order valence-corrected chi connectivity index (χ1v) is 8.08. The Morgan fingerprint density at radius 1 is 1.33 bits per heavy atom. The average molecular weight is 364 g/mol. The Balaban J connectivity index is 2.19. The molecule has 1 aliphatic heterocycles. The lowest BCUT2D eigenvalue weighted by atomic mass is 10.1. The largest absolute Gasteiger partial charge is 0.464 e. The van der Waals surface area contributed by atoms with Crippen molar-refractivity contribution in [3.05, 3.63) is 46.3 Å². The number of thioether (sulfide) groups is 1. The summed E-state index contributed by atoms with van der Waals surface area (Å²) >= 11 is 4.96. The summed E-state index contributed by atoms with van der Waals surface area (Å²) in [5, 5.41) is 9.60. The Labute approximate surface area is 134 Å². The van der Waals surface area contributed by atoms with E-state index in [2.05, 4.69) is 22.0 Å². The normalized spacial score (nSPS) is 13.8. The first-order chi connectivity index (χ1) is 10.2. The lowest BCUT2D eigenvalue weighted by molar-refractivity contribution is 0.174. The highest BCUT2D eigenvalue weighted by Crippen LogP contribution is 2.42. The minimum Gasteiger partial charge on any atom is -0.464 e. The molecule has 1 aliphatic rings. The van der Waals surface area contributed by atoms with Crippen LogP contribution in [0.2, 0.25) is 0 Å². The highest BCUT2D eigenvalue weighted by molar-refractivity contribution is 9.10. The Morgan fingerprint density at radius 2 is 2.10 bits per heavy atom. The molecule has 0 saturated heterocycles. The summed E-state index contributed by atoms with van der Waals surface area (Å²) in [5.74, 6) is 1.98. The number of rotatable bonds is 3. The van der Waals surface area contributed by atoms with Crippen LogP contribution in [0.4, 0.5) is 0 Å². The molecule has 0 fully saturated rings. The number of benzene rings is 1. The molecule has 1 aromatic heterocycles. The van der Waals surface area contributed by atoms with Crippen LogP contribution in [0.1, 0.15) is 11.3 Å². The van der Waals surface area contributed by atoms with Gasteiger partial charge in [-0.25, -0.2) is 0 Å². The molecule has 0 unspecified atom stereocenters. The zero-order chi connectivity index (χ0) is 14.8. The number of fused-ring (bicyclic) bond motifs is 1. The smallest absolute Gasteiger partial charge is 0.231 e. The number of halogens is 1. The zero-order valence-corrected chi connectivity index (χ0v) is 13.5. The summed E-state index contributed by atoms with van der Waals surface area (Å²) in [5.41, 5.74) is 1.28. The van der Waals surface area contributed by atoms with Gasteiger partial charge in [-0.3, -0.25) is 0 Å². The number of hydrogen-bond acceptors (Lipinski definition) is 5. The standard InChI is InChI=1S/C15H10BrNO3S/c1-21-15(12-3-2-4-18-12)10(7-17)9-5-13-14(6-11(9)16)20-8-19-13/h2-6H,8H2,1H3/b15-10-. The first kappa shape index (κ1) is 14.1. The molecule has 2 aromatic rings. The van der Waals surface area contributed by atoms with E-state index in [0.717, 1.165) is 14.9 Å². The Morgan fingerprint density at radius 3 is 2.71 bits per heavy atom. The number of hydrogen-bond donors (Lipinski definition) is 0. The van der Waals surface area contributed by atoms with Crippen molar-refractivity contribution in [3.8, 4) is 17.6 Å². The monoisotopic (exact) mass is 363 g/mol. The van der Waals surface area contributed by atoms with Crippen LogP contribution in [0.25, 0.3) is 10.5 Å². The van der Waals surface area contributed by atoms with Crippen LogP contribution in [0, 0.1) is 11.3 Å². The molecule has 1 aromatic carbocycles. The van der Waals surface area contributed by atoms with Gasteiger partial charge in [0.25, 0.3) is 0 Å². The summed E-state index contributed by atoms with van der Waals surface area (Å²) < 4.78 is 16.9. The van der Waals surface area contributed by atoms with Crippen molar-refractivity contribution in [2.75, 3.05) is 13.0 Å². The molecule has 6 heteroatoms. The van der Waals surface area contributed by atoms with Gasteiger partial charge in [0.15, 0.2) is 11.5 Å². The van der Waals surface area contributed by atoms with E-state index in [1.54, 1.807) is 12.3 Å². The highest BCUT2D eigenvalue weighted by Gasteiger charge is 2.21. The lowest BCUT2D eigenvalue weighted by Gasteiger charge is -2.09. The molecule has 21 heavy (non-hydrogen) atoms. The van der Waals surface area contributed by atoms with Gasteiger partial charge in [-0.1, -0.05) is 0 Å². The minimum absolute atomic E-state index is 0.199. The van der Waals surface area contributed by atoms with Crippen molar-refractivity contribution >= 4 is 38.2 Å². The quantitative estimate of drug-likeness (QED) is 0.750. The van der Waals surface area contributed by atoms with Crippen LogP contribution in [0.5, 0.6) is 11.5 Å². The topological polar surface area (TPSA) is 55.4 Å². The summed E-state index contributed by atoms with van der Waals surface area (Å²) in [6.07, 6.45) is 3.51. The number of ether oxygens (including phenoxy) is 2. The van der Waals surface area contributed by atoms with Gasteiger partial charge in [0, 0.05) is 10.0 Å². The molecular formula is C15H10BrNO3S. The molecule has 0 saturated carbocycles. The Kier molecular flexibility index (Phi) is 3.95. The molecule has 0 aliphatic carbocycles. The SMILES string of the molecule is CS/C(=C(/C#N)c1cc2c(cc1Br)OCO2)c1ccco1. The van der Waals surface area contributed by atoms with E-state index >= 15 is 0 Å². The van der Waals surface area contributed by atoms with Gasteiger partial charge in [0.05, 0.1) is 16.7 Å². The van der Waals surface area contributed by atoms with Crippen LogP contribution in [-0.2, 0) is 0 Å². The van der Waals surface area contributed by atoms with E-state index in [9.17, 15) is 5.26 Å². The highest BCUT2D eigenvalue weighted by atomic mass is 79.9. The molecule has 0 amide bonds. The Hall–Kier alpha value is -1.84. The predicted octanol–water partition coefficient (Wildman–Crippen LogP) is 4.53. The van der Waals surface area contributed by atoms with E-state index < -0.39 is 0 Å². The molecule has 3 rings (SSSR count). The molecule has 0 atom stereocenters. The Bertz CT molecular complexity index is 747. The second-order valence-electron chi connectivity index (χ2n) is 4.18. The predicted molar refractivity (Wildman–Crippen MR) is 84.9 cm³/mol. The maximum absolute atomic E-state index is 9.60. The number of furan rings is 1. The van der Waals surface area contributed by atoms with Crippen LogP contribution < -0.4 is 9.47 Å². The van der Waals surface area contributed by atoms with Crippen molar-refractivity contribution in [2.45, 2.75) is 0 Å². The third kappa shape index (κ3) is 2.55. The van der Waals surface area contributed by atoms with E-state index in [-0.39, 0.29) is 6.79 Å². The fraction of sp³-hybridized carbons (Fsp3) is 0.133. The van der Waals surface area contributed by atoms with Crippen LogP contribution in [0.15, 0.2) is 39.4 Å². The van der Waals surface area contributed by atoms with Crippen LogP contribution >= 0.6 is 27.7 Å². The van der Waals surface area contributed by atoms with Crippen molar-refractivity contribution in [1.82, 2.24) is 0 Å². The number of nitriles is 1. The minimum atomic E-state index is 0.199. The first-order valence-electron chi connectivity index (χ1n) is 6.06. The number of nitrogens with zero attached hydrogens (tertiary/aromatic N) is 1. The summed E-state index contributed by atoms with van der Waals surface area (Å²) in [6, 6.07) is 9.52. The van der Waals surface area contributed by atoms with Crippen molar-refractivity contribution in [3.63, 3.8) is 0 Å².